The molecule has 0 fully saturated rings. The fourth-order valence-electron chi connectivity index (χ4n) is 3.10. The largest absolute Gasteiger partial charge is 1.00 e. The average Bonchev–Trinajstić information content (AvgIpc) is 2.75. The van der Waals surface area contributed by atoms with Gasteiger partial charge in [-0.1, -0.05) is 96.3 Å². The summed E-state index contributed by atoms with van der Waals surface area (Å²) in [5, 5.41) is 4.40. The Bertz CT molecular complexity index is 708. The Hall–Kier alpha value is -1.18. The molecular formula is C21H22LiP. The van der Waals surface area contributed by atoms with Crippen LogP contribution < -0.4 is 34.8 Å². The quantitative estimate of drug-likeness (QED) is 0.390. The van der Waals surface area contributed by atoms with Gasteiger partial charge in [-0.15, -0.1) is 5.30 Å². The fourth-order valence-corrected chi connectivity index (χ4v) is 5.86. The van der Waals surface area contributed by atoms with Crippen molar-refractivity contribution in [2.45, 2.75) is 27.7 Å². The zero-order valence-electron chi connectivity index (χ0n) is 14.7. The Balaban J connectivity index is 0.00000192. The van der Waals surface area contributed by atoms with Crippen LogP contribution >= 0.6 is 7.92 Å². The van der Waals surface area contributed by atoms with Gasteiger partial charge in [-0.2, -0.15) is 22.3 Å². The van der Waals surface area contributed by atoms with Gasteiger partial charge in [0.2, 0.25) is 0 Å². The molecule has 0 saturated heterocycles. The molecule has 0 nitrogen and oxygen atoms in total. The second kappa shape index (κ2) is 7.59. The molecule has 0 atom stereocenters. The molecule has 0 radical (unpaired) electrons. The minimum Gasteiger partial charge on any atom is -0.195 e. The van der Waals surface area contributed by atoms with E-state index in [0.717, 1.165) is 0 Å². The molecule has 0 spiro atoms. The molecule has 0 aromatic heterocycles. The van der Waals surface area contributed by atoms with Crippen LogP contribution in [0.25, 0.3) is 0 Å². The monoisotopic (exact) mass is 312 g/mol. The van der Waals surface area contributed by atoms with E-state index in [2.05, 4.69) is 88.4 Å². The van der Waals surface area contributed by atoms with Gasteiger partial charge in [0.15, 0.2) is 0 Å². The van der Waals surface area contributed by atoms with Crippen molar-refractivity contribution in [2.75, 3.05) is 0 Å². The molecule has 3 rings (SSSR count). The van der Waals surface area contributed by atoms with Gasteiger partial charge >= 0.3 is 18.9 Å². The van der Waals surface area contributed by atoms with Crippen molar-refractivity contribution < 1.29 is 18.9 Å². The summed E-state index contributed by atoms with van der Waals surface area (Å²) in [6, 6.07) is 21.9. The van der Waals surface area contributed by atoms with Crippen molar-refractivity contribution in [3.63, 3.8) is 0 Å². The molecule has 0 saturated carbocycles. The summed E-state index contributed by atoms with van der Waals surface area (Å²) < 4.78 is 0. The Morgan fingerprint density at radius 3 is 1.30 bits per heavy atom. The molecule has 0 N–H and O–H groups in total. The number of hydrogen-bond donors (Lipinski definition) is 0. The van der Waals surface area contributed by atoms with Crippen LogP contribution in [0.5, 0.6) is 0 Å². The Labute approximate surface area is 153 Å². The van der Waals surface area contributed by atoms with Gasteiger partial charge in [0.05, 0.1) is 0 Å². The van der Waals surface area contributed by atoms with Crippen molar-refractivity contribution in [3.05, 3.63) is 82.9 Å². The maximum absolute atomic E-state index is 2.28. The van der Waals surface area contributed by atoms with Crippen molar-refractivity contribution in [3.8, 4) is 0 Å². The zero-order valence-corrected chi connectivity index (χ0v) is 15.6. The van der Waals surface area contributed by atoms with E-state index in [-0.39, 0.29) is 18.9 Å². The minimum absolute atomic E-state index is 0. The molecule has 0 bridgehead atoms. The summed E-state index contributed by atoms with van der Waals surface area (Å²) >= 11 is 0. The van der Waals surface area contributed by atoms with Crippen LogP contribution in [0.1, 0.15) is 22.3 Å². The first kappa shape index (κ1) is 18.2. The van der Waals surface area contributed by atoms with Crippen LogP contribution in [0.15, 0.2) is 60.7 Å². The van der Waals surface area contributed by atoms with Crippen molar-refractivity contribution in [2.24, 2.45) is 0 Å². The summed E-state index contributed by atoms with van der Waals surface area (Å²) in [6.45, 7) is 9.08. The fraction of sp³-hybridized carbons (Fsp3) is 0.190. The van der Waals surface area contributed by atoms with Crippen molar-refractivity contribution in [1.29, 1.82) is 0 Å². The van der Waals surface area contributed by atoms with Crippen LogP contribution in [-0.2, 0) is 0 Å². The molecule has 3 aromatic rings. The normalized spacial score (nSPS) is 10.7. The summed E-state index contributed by atoms with van der Waals surface area (Å²) in [5.41, 5.74) is 5.83. The number of hydrogen-bond acceptors (Lipinski definition) is 0. The van der Waals surface area contributed by atoms with Crippen LogP contribution in [0.4, 0.5) is 0 Å². The second-order valence-electron chi connectivity index (χ2n) is 5.86. The van der Waals surface area contributed by atoms with Crippen LogP contribution in [0.2, 0.25) is 0 Å². The van der Waals surface area contributed by atoms with Gasteiger partial charge in [-0.3, -0.25) is 0 Å². The van der Waals surface area contributed by atoms with Crippen LogP contribution in [0, 0.1) is 27.7 Å². The van der Waals surface area contributed by atoms with Gasteiger partial charge in [-0.05, 0) is 10.6 Å². The summed E-state index contributed by atoms with van der Waals surface area (Å²) in [7, 11) is -0.483. The van der Waals surface area contributed by atoms with Gasteiger partial charge < -0.3 is 0 Å². The molecular weight excluding hydrogens is 290 g/mol. The van der Waals surface area contributed by atoms with E-state index < -0.39 is 7.92 Å². The first-order valence-corrected chi connectivity index (χ1v) is 9.08. The Kier molecular flexibility index (Phi) is 5.99. The smallest absolute Gasteiger partial charge is 0.195 e. The molecule has 3 aromatic carbocycles. The maximum Gasteiger partial charge on any atom is 1.00 e. The van der Waals surface area contributed by atoms with Crippen molar-refractivity contribution in [1.82, 2.24) is 0 Å². The van der Waals surface area contributed by atoms with Gasteiger partial charge in [0.1, 0.15) is 0 Å². The van der Waals surface area contributed by atoms with E-state index in [9.17, 15) is 0 Å². The number of rotatable bonds is 3. The van der Waals surface area contributed by atoms with Crippen molar-refractivity contribution >= 4 is 23.8 Å². The maximum atomic E-state index is 2.28. The van der Waals surface area contributed by atoms with E-state index >= 15 is 0 Å². The zero-order chi connectivity index (χ0) is 15.7. The van der Waals surface area contributed by atoms with Gasteiger partial charge in [0.25, 0.3) is 0 Å². The Morgan fingerprint density at radius 2 is 0.957 bits per heavy atom. The second-order valence-corrected chi connectivity index (χ2v) is 8.01. The average molecular weight is 312 g/mol. The van der Waals surface area contributed by atoms with E-state index in [1.165, 1.54) is 32.9 Å². The van der Waals surface area contributed by atoms with E-state index in [0.29, 0.717) is 0 Å². The SMILES string of the molecule is Cc1c(C)c(C)[c-](P(c2ccccc2)c2ccccc2)c1C.[Li+]. The summed E-state index contributed by atoms with van der Waals surface area (Å²) in [4.78, 5) is 0. The summed E-state index contributed by atoms with van der Waals surface area (Å²) in [5.74, 6) is 0. The number of benzene rings is 2. The predicted molar refractivity (Wildman–Crippen MR) is 99.7 cm³/mol. The molecule has 23 heavy (non-hydrogen) atoms. The Morgan fingerprint density at radius 1 is 0.609 bits per heavy atom. The molecule has 0 aliphatic carbocycles. The van der Waals surface area contributed by atoms with E-state index in [4.69, 9.17) is 0 Å². The van der Waals surface area contributed by atoms with Gasteiger partial charge in [-0.25, -0.2) is 0 Å². The van der Waals surface area contributed by atoms with Crippen LogP contribution in [0.3, 0.4) is 0 Å². The van der Waals surface area contributed by atoms with Gasteiger partial charge in [0, 0.05) is 0 Å². The minimum atomic E-state index is -0.483. The third-order valence-corrected chi connectivity index (χ3v) is 7.40. The third kappa shape index (κ3) is 3.36. The van der Waals surface area contributed by atoms with Crippen LogP contribution in [-0.4, -0.2) is 0 Å². The molecule has 0 heterocycles. The predicted octanol–water partition coefficient (Wildman–Crippen LogP) is 1.40. The summed E-state index contributed by atoms with van der Waals surface area (Å²) in [6.07, 6.45) is 0. The molecule has 2 heteroatoms. The third-order valence-electron chi connectivity index (χ3n) is 4.65. The van der Waals surface area contributed by atoms with E-state index in [1.54, 1.807) is 5.30 Å². The standard InChI is InChI=1S/C21H22P.Li/c1-15-16(2)18(4)21(17(15)3)22(19-11-7-5-8-12-19)20-13-9-6-10-14-20;/h5-14H,1-4H3;/q-1;+1. The first-order valence-electron chi connectivity index (χ1n) is 7.74. The topological polar surface area (TPSA) is 0 Å². The molecule has 0 unspecified atom stereocenters. The molecule has 0 aliphatic rings. The first-order chi connectivity index (χ1) is 10.6. The molecule has 112 valence electrons. The molecule has 0 amide bonds. The van der Waals surface area contributed by atoms with E-state index in [1.807, 2.05) is 0 Å². The molecule has 0 aliphatic heterocycles.